The third-order valence-electron chi connectivity index (χ3n) is 9.20. The predicted octanol–water partition coefficient (Wildman–Crippen LogP) is 3.92. The van der Waals surface area contributed by atoms with Crippen molar-refractivity contribution in [3.63, 3.8) is 0 Å². The van der Waals surface area contributed by atoms with Crippen molar-refractivity contribution in [1.82, 2.24) is 25.8 Å². The molecule has 49 heavy (non-hydrogen) atoms. The molecule has 268 valence electrons. The molecule has 5 rings (SSSR count). The van der Waals surface area contributed by atoms with E-state index < -0.39 is 83.9 Å². The van der Waals surface area contributed by atoms with E-state index in [-0.39, 0.29) is 38.9 Å². The molecule has 5 amide bonds. The van der Waals surface area contributed by atoms with E-state index in [1.165, 1.54) is 15.9 Å². The van der Waals surface area contributed by atoms with Crippen molar-refractivity contribution in [3.05, 3.63) is 47.3 Å². The molecule has 1 saturated carbocycles. The lowest BCUT2D eigenvalue weighted by atomic mass is 10.0. The number of allylic oxidation sites excluding steroid dienone is 1. The molecular weight excluding hydrogens is 647 g/mol. The Balaban J connectivity index is 1.39. The molecule has 1 aliphatic carbocycles. The lowest BCUT2D eigenvalue weighted by Gasteiger charge is -2.30. The number of fused-ring (bicyclic) bond motifs is 3. The third-order valence-corrected chi connectivity index (χ3v) is 9.20. The first-order valence-electron chi connectivity index (χ1n) is 16.7. The highest BCUT2D eigenvalue weighted by molar-refractivity contribution is 5.98. The van der Waals surface area contributed by atoms with E-state index in [1.54, 1.807) is 39.0 Å². The van der Waals surface area contributed by atoms with Crippen LogP contribution in [0.3, 0.4) is 0 Å². The maximum Gasteiger partial charge on any atom is 0.410 e. The molecular formula is C34H44F3N5O7. The molecule has 0 bridgehead atoms. The summed E-state index contributed by atoms with van der Waals surface area (Å²) in [6.45, 7) is 4.09. The van der Waals surface area contributed by atoms with Gasteiger partial charge in [-0.1, -0.05) is 37.1 Å². The zero-order chi connectivity index (χ0) is 35.5. The van der Waals surface area contributed by atoms with Gasteiger partial charge in [0.1, 0.15) is 35.1 Å². The van der Waals surface area contributed by atoms with E-state index in [0.717, 1.165) is 6.42 Å². The lowest BCUT2D eigenvalue weighted by Crippen LogP contribution is -2.58. The predicted molar refractivity (Wildman–Crippen MR) is 169 cm³/mol. The summed E-state index contributed by atoms with van der Waals surface area (Å²) in [5, 5.41) is 7.60. The Bertz CT molecular complexity index is 1480. The molecule has 3 heterocycles. The van der Waals surface area contributed by atoms with Gasteiger partial charge in [0, 0.05) is 24.4 Å². The van der Waals surface area contributed by atoms with Crippen molar-refractivity contribution in [2.24, 2.45) is 5.92 Å². The quantitative estimate of drug-likeness (QED) is 0.397. The maximum absolute atomic E-state index is 14.3. The van der Waals surface area contributed by atoms with E-state index in [1.807, 2.05) is 6.08 Å². The summed E-state index contributed by atoms with van der Waals surface area (Å²) in [4.78, 5) is 70.0. The van der Waals surface area contributed by atoms with E-state index in [0.29, 0.717) is 30.4 Å². The highest BCUT2D eigenvalue weighted by atomic mass is 19.3. The molecule has 15 heteroatoms. The Morgan fingerprint density at radius 2 is 1.90 bits per heavy atom. The Labute approximate surface area is 283 Å². The molecule has 3 aliphatic heterocycles. The van der Waals surface area contributed by atoms with Gasteiger partial charge in [-0.2, -0.15) is 0 Å². The number of ether oxygens (including phenoxy) is 2. The lowest BCUT2D eigenvalue weighted by molar-refractivity contribution is -0.141. The van der Waals surface area contributed by atoms with Crippen LogP contribution in [-0.4, -0.2) is 88.6 Å². The summed E-state index contributed by atoms with van der Waals surface area (Å²) in [6.07, 6.45) is 1.36. The number of amides is 5. The minimum atomic E-state index is -2.79. The summed E-state index contributed by atoms with van der Waals surface area (Å²) < 4.78 is 51.5. The number of hydrogen-bond donors (Lipinski definition) is 3. The average molecular weight is 692 g/mol. The minimum Gasteiger partial charge on any atom is -0.444 e. The van der Waals surface area contributed by atoms with Crippen LogP contribution in [0.15, 0.2) is 30.4 Å². The summed E-state index contributed by atoms with van der Waals surface area (Å²) in [6, 6.07) is 2.28. The maximum atomic E-state index is 14.3. The van der Waals surface area contributed by atoms with Crippen molar-refractivity contribution in [1.29, 1.82) is 0 Å². The summed E-state index contributed by atoms with van der Waals surface area (Å²) in [5.74, 6) is -2.97. The molecule has 1 aromatic rings. The van der Waals surface area contributed by atoms with Crippen LogP contribution in [0.1, 0.15) is 76.8 Å². The first-order valence-corrected chi connectivity index (χ1v) is 16.7. The fourth-order valence-corrected chi connectivity index (χ4v) is 6.67. The number of alkyl halides is 2. The minimum absolute atomic E-state index is 0.00679. The number of hydrogen-bond acceptors (Lipinski definition) is 7. The van der Waals surface area contributed by atoms with Gasteiger partial charge >= 0.3 is 12.2 Å². The fraction of sp³-hybridized carbons (Fsp3) is 0.618. The normalized spacial score (nSPS) is 27.2. The highest BCUT2D eigenvalue weighted by Crippen LogP contribution is 2.45. The summed E-state index contributed by atoms with van der Waals surface area (Å²) >= 11 is 0. The van der Waals surface area contributed by atoms with Crippen LogP contribution in [0.5, 0.6) is 0 Å². The Morgan fingerprint density at radius 1 is 1.12 bits per heavy atom. The number of carbonyl (C=O) groups excluding carboxylic acids is 5. The van der Waals surface area contributed by atoms with E-state index >= 15 is 0 Å². The van der Waals surface area contributed by atoms with Crippen LogP contribution in [0, 0.1) is 11.7 Å². The molecule has 12 nitrogen and oxygen atoms in total. The van der Waals surface area contributed by atoms with Crippen LogP contribution >= 0.6 is 0 Å². The van der Waals surface area contributed by atoms with Gasteiger partial charge in [-0.3, -0.25) is 19.3 Å². The van der Waals surface area contributed by atoms with Gasteiger partial charge in [-0.15, -0.1) is 0 Å². The van der Waals surface area contributed by atoms with Gasteiger partial charge in [0.25, 0.3) is 6.43 Å². The second-order valence-corrected chi connectivity index (χ2v) is 14.1. The number of halogens is 3. The van der Waals surface area contributed by atoms with Gasteiger partial charge < -0.3 is 30.3 Å². The number of rotatable bonds is 5. The van der Waals surface area contributed by atoms with Gasteiger partial charge in [-0.25, -0.2) is 22.8 Å². The van der Waals surface area contributed by atoms with Crippen molar-refractivity contribution < 1.29 is 46.6 Å². The van der Waals surface area contributed by atoms with Crippen LogP contribution in [0.2, 0.25) is 0 Å². The molecule has 0 spiro atoms. The number of nitrogens with zero attached hydrogens (tertiary/aromatic N) is 2. The smallest absolute Gasteiger partial charge is 0.410 e. The largest absolute Gasteiger partial charge is 0.444 e. The zero-order valence-corrected chi connectivity index (χ0v) is 27.9. The van der Waals surface area contributed by atoms with Crippen LogP contribution < -0.4 is 16.0 Å². The average Bonchev–Trinajstić information content (AvgIpc) is 3.33. The van der Waals surface area contributed by atoms with Crippen molar-refractivity contribution in [2.45, 2.75) is 115 Å². The zero-order valence-electron chi connectivity index (χ0n) is 27.9. The van der Waals surface area contributed by atoms with Gasteiger partial charge in [0.2, 0.25) is 17.7 Å². The van der Waals surface area contributed by atoms with Crippen LogP contribution in [-0.2, 0) is 36.9 Å². The van der Waals surface area contributed by atoms with E-state index in [4.69, 9.17) is 9.47 Å². The monoisotopic (exact) mass is 691 g/mol. The Morgan fingerprint density at radius 3 is 2.61 bits per heavy atom. The third kappa shape index (κ3) is 8.66. The molecule has 0 radical (unpaired) electrons. The second-order valence-electron chi connectivity index (χ2n) is 14.1. The molecule has 5 atom stereocenters. The topological polar surface area (TPSA) is 146 Å². The van der Waals surface area contributed by atoms with Gasteiger partial charge in [0.05, 0.1) is 19.6 Å². The standard InChI is InChI=1S/C34H44F3N5O7/c1-33(2,3)49-31(46)39-25-13-8-6-4-5-7-11-21-15-34(21,30(45)38-16-27(36)37)40-28(43)26-14-22(18-42(26)29(25)44)48-32(47)41-17-20-10-9-12-24(35)23(20)19-41/h7,9-12,21-22,25-27H,4-6,8,13-19H2,1-3H3,(H,38,45)(H,39,46)(H,40,43)/t21-,22-,25+,26+,34-/m1/s1. The van der Waals surface area contributed by atoms with E-state index in [9.17, 15) is 37.1 Å². The summed E-state index contributed by atoms with van der Waals surface area (Å²) in [5.41, 5.74) is -1.31. The first kappa shape index (κ1) is 36.0. The van der Waals surface area contributed by atoms with E-state index in [2.05, 4.69) is 16.0 Å². The number of carbonyl (C=O) groups is 5. The van der Waals surface area contributed by atoms with Gasteiger partial charge in [-0.05, 0) is 58.1 Å². The fourth-order valence-electron chi connectivity index (χ4n) is 6.67. The van der Waals surface area contributed by atoms with Crippen molar-refractivity contribution in [3.8, 4) is 0 Å². The highest BCUT2D eigenvalue weighted by Gasteiger charge is 2.61. The molecule has 1 aromatic carbocycles. The molecule has 0 unspecified atom stereocenters. The molecule has 0 aromatic heterocycles. The molecule has 3 N–H and O–H groups in total. The first-order chi connectivity index (χ1) is 23.2. The van der Waals surface area contributed by atoms with Crippen LogP contribution in [0.4, 0.5) is 22.8 Å². The SMILES string of the molecule is CC(C)(C)OC(=O)N[C@H]1CCCCCC=C[C@@H]2C[C@@]2(C(=O)NCC(F)F)NC(=O)[C@@H]2C[C@@H](OC(=O)N3Cc4cccc(F)c4C3)CN2C1=O. The summed E-state index contributed by atoms with van der Waals surface area (Å²) in [7, 11) is 0. The molecule has 1 saturated heterocycles. The van der Waals surface area contributed by atoms with Crippen LogP contribution in [0.25, 0.3) is 0 Å². The Hall–Kier alpha value is -4.30. The Kier molecular flexibility index (Phi) is 10.8. The number of benzene rings is 1. The van der Waals surface area contributed by atoms with Crippen molar-refractivity contribution >= 4 is 29.9 Å². The molecule has 2 fully saturated rings. The number of nitrogens with one attached hydrogen (secondary N) is 3. The number of alkyl carbamates (subject to hydrolysis) is 1. The van der Waals surface area contributed by atoms with Gasteiger partial charge in [0.15, 0.2) is 0 Å². The molecule has 4 aliphatic rings. The van der Waals surface area contributed by atoms with Crippen molar-refractivity contribution in [2.75, 3.05) is 13.1 Å². The second kappa shape index (κ2) is 14.7.